The van der Waals surface area contributed by atoms with E-state index in [-0.39, 0.29) is 24.2 Å². The second kappa shape index (κ2) is 10.2. The van der Waals surface area contributed by atoms with Crippen LogP contribution >= 0.6 is 12.4 Å². The van der Waals surface area contributed by atoms with Crippen molar-refractivity contribution in [3.8, 4) is 0 Å². The Balaban J connectivity index is 0.00000264. The molecule has 1 fully saturated rings. The summed E-state index contributed by atoms with van der Waals surface area (Å²) in [6, 6.07) is 5.55. The zero-order chi connectivity index (χ0) is 15.8. The average Bonchev–Trinajstić information content (AvgIpc) is 3.31. The van der Waals surface area contributed by atoms with E-state index in [1.165, 1.54) is 31.0 Å². The average molecular weight is 344 g/mol. The Hall–Kier alpha value is -1.66. The summed E-state index contributed by atoms with van der Waals surface area (Å²) in [5, 5.41) is 8.60. The van der Waals surface area contributed by atoms with Gasteiger partial charge in [0.1, 0.15) is 5.82 Å². The first-order chi connectivity index (χ1) is 10.6. The topological polar surface area (TPSA) is 70.2 Å². The molecular formula is C16H23ClFN3O2. The second-order valence-corrected chi connectivity index (χ2v) is 5.54. The van der Waals surface area contributed by atoms with Gasteiger partial charge in [-0.15, -0.1) is 12.4 Å². The SMILES string of the molecule is Cl.O=C(CNCC1CC1)NCCCNC(=O)c1cccc(F)c1. The number of hydrogen-bond acceptors (Lipinski definition) is 3. The maximum atomic E-state index is 13.0. The van der Waals surface area contributed by atoms with E-state index in [4.69, 9.17) is 0 Å². The van der Waals surface area contributed by atoms with Crippen LogP contribution in [-0.4, -0.2) is 38.0 Å². The lowest BCUT2D eigenvalue weighted by atomic mass is 10.2. The van der Waals surface area contributed by atoms with Gasteiger partial charge in [-0.3, -0.25) is 9.59 Å². The summed E-state index contributed by atoms with van der Waals surface area (Å²) in [7, 11) is 0. The van der Waals surface area contributed by atoms with Crippen LogP contribution in [0, 0.1) is 11.7 Å². The molecule has 0 bridgehead atoms. The van der Waals surface area contributed by atoms with Gasteiger partial charge in [-0.2, -0.15) is 0 Å². The van der Waals surface area contributed by atoms with Crippen molar-refractivity contribution in [1.82, 2.24) is 16.0 Å². The van der Waals surface area contributed by atoms with E-state index >= 15 is 0 Å². The maximum absolute atomic E-state index is 13.0. The Morgan fingerprint density at radius 2 is 1.91 bits per heavy atom. The second-order valence-electron chi connectivity index (χ2n) is 5.54. The number of carbonyl (C=O) groups excluding carboxylic acids is 2. The molecule has 1 aromatic carbocycles. The third kappa shape index (κ3) is 7.95. The van der Waals surface area contributed by atoms with Gasteiger partial charge in [0.15, 0.2) is 0 Å². The van der Waals surface area contributed by atoms with E-state index in [2.05, 4.69) is 16.0 Å². The van der Waals surface area contributed by atoms with E-state index < -0.39 is 5.82 Å². The normalized spacial score (nSPS) is 13.1. The molecule has 2 rings (SSSR count). The summed E-state index contributed by atoms with van der Waals surface area (Å²) in [5.74, 6) is -0.0153. The van der Waals surface area contributed by atoms with Crippen LogP contribution < -0.4 is 16.0 Å². The Bertz CT molecular complexity index is 524. The van der Waals surface area contributed by atoms with Gasteiger partial charge in [-0.1, -0.05) is 6.07 Å². The fraction of sp³-hybridized carbons (Fsp3) is 0.500. The molecule has 23 heavy (non-hydrogen) atoms. The Kier molecular flexibility index (Phi) is 8.58. The molecule has 0 unspecified atom stereocenters. The summed E-state index contributed by atoms with van der Waals surface area (Å²) in [6.45, 7) is 2.20. The first-order valence-electron chi connectivity index (χ1n) is 7.66. The predicted octanol–water partition coefficient (Wildman–Crippen LogP) is 1.48. The minimum atomic E-state index is -0.432. The van der Waals surface area contributed by atoms with Crippen LogP contribution in [0.5, 0.6) is 0 Å². The summed E-state index contributed by atoms with van der Waals surface area (Å²) in [6.07, 6.45) is 3.16. The van der Waals surface area contributed by atoms with E-state index in [1.54, 1.807) is 6.07 Å². The van der Waals surface area contributed by atoms with Gasteiger partial charge in [0.2, 0.25) is 5.91 Å². The summed E-state index contributed by atoms with van der Waals surface area (Å²) >= 11 is 0. The van der Waals surface area contributed by atoms with Crippen LogP contribution in [0.25, 0.3) is 0 Å². The van der Waals surface area contributed by atoms with Crippen molar-refractivity contribution in [3.05, 3.63) is 35.6 Å². The molecule has 0 saturated heterocycles. The van der Waals surface area contributed by atoms with E-state index in [0.717, 1.165) is 12.5 Å². The molecule has 128 valence electrons. The molecule has 0 spiro atoms. The minimum absolute atomic E-state index is 0. The number of hydrogen-bond donors (Lipinski definition) is 3. The maximum Gasteiger partial charge on any atom is 0.251 e. The highest BCUT2D eigenvalue weighted by Crippen LogP contribution is 2.27. The smallest absolute Gasteiger partial charge is 0.251 e. The molecule has 2 amide bonds. The van der Waals surface area contributed by atoms with Crippen molar-refractivity contribution in [1.29, 1.82) is 0 Å². The van der Waals surface area contributed by atoms with Gasteiger partial charge in [0, 0.05) is 18.7 Å². The molecule has 1 aliphatic rings. The quantitative estimate of drug-likeness (QED) is 0.595. The van der Waals surface area contributed by atoms with Gasteiger partial charge in [0.05, 0.1) is 6.54 Å². The lowest BCUT2D eigenvalue weighted by molar-refractivity contribution is -0.120. The molecule has 0 radical (unpaired) electrons. The van der Waals surface area contributed by atoms with Gasteiger partial charge in [-0.05, 0) is 49.9 Å². The first-order valence-corrected chi connectivity index (χ1v) is 7.66. The van der Waals surface area contributed by atoms with Crippen molar-refractivity contribution in [3.63, 3.8) is 0 Å². The van der Waals surface area contributed by atoms with Crippen molar-refractivity contribution in [2.24, 2.45) is 5.92 Å². The summed E-state index contributed by atoms with van der Waals surface area (Å²) in [5.41, 5.74) is 0.299. The molecule has 5 nitrogen and oxygen atoms in total. The molecule has 0 aliphatic heterocycles. The predicted molar refractivity (Wildman–Crippen MR) is 89.2 cm³/mol. The molecular weight excluding hydrogens is 321 g/mol. The molecule has 0 aromatic heterocycles. The van der Waals surface area contributed by atoms with Crippen LogP contribution in [0.4, 0.5) is 4.39 Å². The number of benzene rings is 1. The van der Waals surface area contributed by atoms with Crippen molar-refractivity contribution in [2.75, 3.05) is 26.2 Å². The fourth-order valence-corrected chi connectivity index (χ4v) is 2.02. The van der Waals surface area contributed by atoms with E-state index in [9.17, 15) is 14.0 Å². The summed E-state index contributed by atoms with van der Waals surface area (Å²) in [4.78, 5) is 23.2. The number of halogens is 2. The van der Waals surface area contributed by atoms with Crippen molar-refractivity contribution in [2.45, 2.75) is 19.3 Å². The molecule has 1 saturated carbocycles. The Morgan fingerprint density at radius 1 is 1.17 bits per heavy atom. The minimum Gasteiger partial charge on any atom is -0.355 e. The third-order valence-corrected chi connectivity index (χ3v) is 3.46. The third-order valence-electron chi connectivity index (χ3n) is 3.46. The molecule has 1 aliphatic carbocycles. The van der Waals surface area contributed by atoms with E-state index in [1.807, 2.05) is 0 Å². The zero-order valence-corrected chi connectivity index (χ0v) is 13.8. The molecule has 7 heteroatoms. The number of nitrogens with one attached hydrogen (secondary N) is 3. The monoisotopic (exact) mass is 343 g/mol. The van der Waals surface area contributed by atoms with Crippen LogP contribution in [-0.2, 0) is 4.79 Å². The van der Waals surface area contributed by atoms with Gasteiger partial charge >= 0.3 is 0 Å². The number of rotatable bonds is 9. The number of carbonyl (C=O) groups is 2. The lowest BCUT2D eigenvalue weighted by Crippen LogP contribution is -2.36. The number of amides is 2. The largest absolute Gasteiger partial charge is 0.355 e. The van der Waals surface area contributed by atoms with Crippen LogP contribution in [0.15, 0.2) is 24.3 Å². The highest BCUT2D eigenvalue weighted by molar-refractivity contribution is 5.94. The zero-order valence-electron chi connectivity index (χ0n) is 12.9. The molecule has 0 atom stereocenters. The highest BCUT2D eigenvalue weighted by Gasteiger charge is 2.20. The van der Waals surface area contributed by atoms with E-state index in [0.29, 0.717) is 31.6 Å². The van der Waals surface area contributed by atoms with Crippen molar-refractivity contribution >= 4 is 24.2 Å². The molecule has 1 aromatic rings. The van der Waals surface area contributed by atoms with Crippen LogP contribution in [0.1, 0.15) is 29.6 Å². The van der Waals surface area contributed by atoms with Crippen LogP contribution in [0.3, 0.4) is 0 Å². The standard InChI is InChI=1S/C16H22FN3O2.ClH/c17-14-4-1-3-13(9-14)16(22)20-8-2-7-19-15(21)11-18-10-12-5-6-12;/h1,3-4,9,12,18H,2,5-8,10-11H2,(H,19,21)(H,20,22);1H. The van der Waals surface area contributed by atoms with Gasteiger partial charge < -0.3 is 16.0 Å². The molecule has 0 heterocycles. The summed E-state index contributed by atoms with van der Waals surface area (Å²) < 4.78 is 13.0. The van der Waals surface area contributed by atoms with Crippen molar-refractivity contribution < 1.29 is 14.0 Å². The first kappa shape index (κ1) is 19.4. The molecule has 3 N–H and O–H groups in total. The Labute approximate surface area is 141 Å². The lowest BCUT2D eigenvalue weighted by Gasteiger charge is -2.07. The fourth-order valence-electron chi connectivity index (χ4n) is 2.02. The Morgan fingerprint density at radius 3 is 2.61 bits per heavy atom. The highest BCUT2D eigenvalue weighted by atomic mass is 35.5. The van der Waals surface area contributed by atoms with Gasteiger partial charge in [-0.25, -0.2) is 4.39 Å². The van der Waals surface area contributed by atoms with Gasteiger partial charge in [0.25, 0.3) is 5.91 Å². The van der Waals surface area contributed by atoms with Crippen LogP contribution in [0.2, 0.25) is 0 Å².